The fraction of sp³-hybridized carbons (Fsp3) is 0.500. The minimum Gasteiger partial charge on any atom is -0.599 e. The van der Waals surface area contributed by atoms with Gasteiger partial charge in [0.1, 0.15) is 0 Å². The molecule has 0 aliphatic carbocycles. The average Bonchev–Trinajstić information content (AvgIpc) is 2.08. The van der Waals surface area contributed by atoms with Crippen LogP contribution in [0, 0.1) is 6.26 Å². The van der Waals surface area contributed by atoms with Gasteiger partial charge in [0.25, 0.3) is 0 Å². The Morgan fingerprint density at radius 1 is 1.40 bits per heavy atom. The van der Waals surface area contributed by atoms with Gasteiger partial charge in [-0.05, 0) is 6.26 Å². The van der Waals surface area contributed by atoms with Crippen LogP contribution in [0.25, 0.3) is 0 Å². The third-order valence-electron chi connectivity index (χ3n) is 1.33. The van der Waals surface area contributed by atoms with Crippen molar-refractivity contribution in [3.05, 3.63) is 24.2 Å². The summed E-state index contributed by atoms with van der Waals surface area (Å²) in [6, 6.07) is 1.88. The Morgan fingerprint density at radius 3 is 2.20 bits per heavy atom. The van der Waals surface area contributed by atoms with E-state index in [0.29, 0.717) is 0 Å². The van der Waals surface area contributed by atoms with E-state index in [1.54, 1.807) is 6.26 Å². The first-order valence-electron chi connectivity index (χ1n) is 3.06. The molecule has 0 aliphatic heterocycles. The molecule has 0 N–H and O–H groups in total. The first-order chi connectivity index (χ1) is 4.11. The zero-order valence-electron chi connectivity index (χ0n) is 7.06. The van der Waals surface area contributed by atoms with Crippen molar-refractivity contribution in [3.63, 3.8) is 0 Å². The van der Waals surface area contributed by atoms with Crippen molar-refractivity contribution < 1.29 is 62.6 Å². The Kier molecular flexibility index (Phi) is 4.65. The van der Waals surface area contributed by atoms with Crippen LogP contribution in [0.4, 0.5) is 0 Å². The van der Waals surface area contributed by atoms with Gasteiger partial charge in [0.15, 0.2) is 0 Å². The summed E-state index contributed by atoms with van der Waals surface area (Å²) in [4.78, 5) is 0. The monoisotopic (exact) mass is 208 g/mol. The summed E-state index contributed by atoms with van der Waals surface area (Å²) in [6.45, 7) is 6.43. The molecule has 1 rings (SSSR count). The zero-order valence-corrected chi connectivity index (χ0v) is 12.0. The van der Waals surface area contributed by atoms with E-state index in [0.717, 1.165) is 0 Å². The van der Waals surface area contributed by atoms with Crippen LogP contribution in [-0.4, -0.2) is 0 Å². The molecule has 0 fully saturated rings. The van der Waals surface area contributed by atoms with Gasteiger partial charge in [-0.1, -0.05) is 32.4 Å². The molecule has 50 valence electrons. The van der Waals surface area contributed by atoms with Crippen LogP contribution in [-0.2, 0) is 5.41 Å². The van der Waals surface area contributed by atoms with E-state index in [-0.39, 0.29) is 63.6 Å². The van der Waals surface area contributed by atoms with Crippen LogP contribution < -0.4 is 58.2 Å². The second-order valence-corrected chi connectivity index (χ2v) is 3.20. The molecule has 0 unspecified atom stereocenters. The molecule has 0 aromatic carbocycles. The molecule has 10 heavy (non-hydrogen) atoms. The SMILES string of the molecule is CC(C)(C)c1c[c-]oc1.[Rb+]. The summed E-state index contributed by atoms with van der Waals surface area (Å²) in [5, 5.41) is 0. The van der Waals surface area contributed by atoms with E-state index in [1.165, 1.54) is 5.56 Å². The van der Waals surface area contributed by atoms with Crippen molar-refractivity contribution in [1.82, 2.24) is 0 Å². The topological polar surface area (TPSA) is 13.1 Å². The Morgan fingerprint density at radius 2 is 2.00 bits per heavy atom. The van der Waals surface area contributed by atoms with Crippen molar-refractivity contribution >= 4 is 0 Å². The van der Waals surface area contributed by atoms with Crippen LogP contribution in [0.15, 0.2) is 16.7 Å². The molecule has 0 saturated carbocycles. The average molecular weight is 209 g/mol. The van der Waals surface area contributed by atoms with Crippen LogP contribution in [0.5, 0.6) is 0 Å². The number of furan rings is 1. The van der Waals surface area contributed by atoms with Crippen molar-refractivity contribution in [1.29, 1.82) is 0 Å². The summed E-state index contributed by atoms with van der Waals surface area (Å²) in [6.07, 6.45) is 4.40. The van der Waals surface area contributed by atoms with Gasteiger partial charge in [-0.3, -0.25) is 0 Å². The molecule has 0 spiro atoms. The van der Waals surface area contributed by atoms with E-state index in [1.807, 2.05) is 6.07 Å². The fourth-order valence-corrected chi connectivity index (χ4v) is 0.622. The molecule has 1 nitrogen and oxygen atoms in total. The number of rotatable bonds is 0. The van der Waals surface area contributed by atoms with Gasteiger partial charge in [0.2, 0.25) is 0 Å². The van der Waals surface area contributed by atoms with Gasteiger partial charge >= 0.3 is 58.2 Å². The van der Waals surface area contributed by atoms with Crippen molar-refractivity contribution in [2.24, 2.45) is 0 Å². The van der Waals surface area contributed by atoms with Gasteiger partial charge < -0.3 is 4.42 Å². The van der Waals surface area contributed by atoms with Crippen molar-refractivity contribution in [2.75, 3.05) is 0 Å². The van der Waals surface area contributed by atoms with E-state index < -0.39 is 0 Å². The Bertz CT molecular complexity index is 172. The number of hydrogen-bond donors (Lipinski definition) is 0. The van der Waals surface area contributed by atoms with Crippen LogP contribution in [0.1, 0.15) is 26.3 Å². The zero-order chi connectivity index (χ0) is 6.91. The largest absolute Gasteiger partial charge is 1.00 e. The minimum atomic E-state index is 0. The first-order valence-corrected chi connectivity index (χ1v) is 3.06. The predicted molar refractivity (Wildman–Crippen MR) is 36.2 cm³/mol. The fourth-order valence-electron chi connectivity index (χ4n) is 0.622. The van der Waals surface area contributed by atoms with E-state index in [9.17, 15) is 0 Å². The predicted octanol–water partition coefficient (Wildman–Crippen LogP) is -0.619. The summed E-state index contributed by atoms with van der Waals surface area (Å²) in [5.74, 6) is 0. The maximum atomic E-state index is 4.82. The van der Waals surface area contributed by atoms with Gasteiger partial charge in [0.05, 0.1) is 0 Å². The van der Waals surface area contributed by atoms with Crippen LogP contribution in [0.2, 0.25) is 0 Å². The Labute approximate surface area is 111 Å². The molecular formula is C8H11ORb. The molecular weight excluding hydrogens is 198 g/mol. The summed E-state index contributed by atoms with van der Waals surface area (Å²) >= 11 is 0. The van der Waals surface area contributed by atoms with E-state index >= 15 is 0 Å². The van der Waals surface area contributed by atoms with Crippen LogP contribution in [0.3, 0.4) is 0 Å². The van der Waals surface area contributed by atoms with Gasteiger partial charge in [-0.2, -0.15) is 5.56 Å². The second-order valence-electron chi connectivity index (χ2n) is 3.20. The summed E-state index contributed by atoms with van der Waals surface area (Å²) in [5.41, 5.74) is 1.39. The van der Waals surface area contributed by atoms with Crippen molar-refractivity contribution in [3.8, 4) is 0 Å². The molecule has 0 radical (unpaired) electrons. The molecule has 0 saturated heterocycles. The summed E-state index contributed by atoms with van der Waals surface area (Å²) < 4.78 is 4.82. The molecule has 1 heterocycles. The smallest absolute Gasteiger partial charge is 0.599 e. The molecule has 0 aliphatic rings. The van der Waals surface area contributed by atoms with Crippen LogP contribution >= 0.6 is 0 Å². The molecule has 1 aromatic rings. The van der Waals surface area contributed by atoms with E-state index in [2.05, 4.69) is 27.0 Å². The summed E-state index contributed by atoms with van der Waals surface area (Å²) in [7, 11) is 0. The van der Waals surface area contributed by atoms with Gasteiger partial charge in [-0.25, -0.2) is 0 Å². The van der Waals surface area contributed by atoms with Gasteiger partial charge in [-0.15, -0.1) is 6.07 Å². The molecule has 0 bridgehead atoms. The Balaban J connectivity index is 0.000000810. The standard InChI is InChI=1S/C8H11O.Rb/c1-8(2,3)7-4-5-9-6-7;/h4,6H,1-3H3;/q-1;+1. The maximum absolute atomic E-state index is 4.82. The third-order valence-corrected chi connectivity index (χ3v) is 1.33. The quantitative estimate of drug-likeness (QED) is 0.518. The second kappa shape index (κ2) is 4.20. The Hall–Kier alpha value is 1.09. The molecule has 0 atom stereocenters. The first kappa shape index (κ1) is 11.1. The minimum absolute atomic E-state index is 0. The van der Waals surface area contributed by atoms with E-state index in [4.69, 9.17) is 4.42 Å². The molecule has 2 heteroatoms. The maximum Gasteiger partial charge on any atom is 1.00 e. The molecule has 0 amide bonds. The third kappa shape index (κ3) is 2.99. The molecule has 1 aromatic heterocycles. The normalized spacial score (nSPS) is 10.7. The number of hydrogen-bond acceptors (Lipinski definition) is 1. The van der Waals surface area contributed by atoms with Gasteiger partial charge in [0, 0.05) is 0 Å². The van der Waals surface area contributed by atoms with Crippen molar-refractivity contribution in [2.45, 2.75) is 26.2 Å².